The molecule has 1 aliphatic rings. The number of nitriles is 1. The molecule has 1 atom stereocenters. The molecule has 2 rings (SSSR count). The minimum absolute atomic E-state index is 0.571. The number of nitrogens with one attached hydrogen (secondary N) is 1. The molecule has 84 valence electrons. The number of hydrogen-bond acceptors (Lipinski definition) is 3. The minimum Gasteiger partial charge on any atom is -0.314 e. The van der Waals surface area contributed by atoms with Gasteiger partial charge in [-0.2, -0.15) is 5.26 Å². The Morgan fingerprint density at radius 1 is 1.44 bits per heavy atom. The van der Waals surface area contributed by atoms with E-state index < -0.39 is 0 Å². The molecular weight excluding hydrogens is 198 g/mol. The second-order valence-electron chi connectivity index (χ2n) is 4.35. The summed E-state index contributed by atoms with van der Waals surface area (Å²) in [6.45, 7) is 3.25. The van der Waals surface area contributed by atoms with Crippen molar-refractivity contribution < 1.29 is 0 Å². The van der Waals surface area contributed by atoms with Crippen LogP contribution in [0.25, 0.3) is 0 Å². The third kappa shape index (κ3) is 2.60. The second kappa shape index (κ2) is 5.11. The highest BCUT2D eigenvalue weighted by Crippen LogP contribution is 2.10. The maximum atomic E-state index is 8.72. The number of hydrogen-bond donors (Lipinski definition) is 1. The third-order valence-electron chi connectivity index (χ3n) is 3.20. The van der Waals surface area contributed by atoms with Crippen LogP contribution in [0.1, 0.15) is 11.1 Å². The molecule has 1 saturated heterocycles. The number of nitrogens with zero attached hydrogens (tertiary/aromatic N) is 2. The highest BCUT2D eigenvalue weighted by atomic mass is 15.2. The summed E-state index contributed by atoms with van der Waals surface area (Å²) in [7, 11) is 2.18. The molecule has 1 heterocycles. The highest BCUT2D eigenvalue weighted by molar-refractivity contribution is 5.31. The lowest BCUT2D eigenvalue weighted by atomic mass is 10.0. The first-order valence-electron chi connectivity index (χ1n) is 5.69. The summed E-state index contributed by atoms with van der Waals surface area (Å²) in [6.07, 6.45) is 1.05. The van der Waals surface area contributed by atoms with E-state index in [4.69, 9.17) is 5.26 Å². The zero-order valence-electron chi connectivity index (χ0n) is 9.61. The molecule has 0 bridgehead atoms. The van der Waals surface area contributed by atoms with E-state index in [0.29, 0.717) is 6.04 Å². The van der Waals surface area contributed by atoms with Crippen LogP contribution in [0.15, 0.2) is 24.3 Å². The first-order valence-corrected chi connectivity index (χ1v) is 5.69. The van der Waals surface area contributed by atoms with Gasteiger partial charge in [-0.05, 0) is 31.2 Å². The van der Waals surface area contributed by atoms with Crippen molar-refractivity contribution in [1.82, 2.24) is 10.2 Å². The predicted octanol–water partition coefficient (Wildman–Crippen LogP) is 1.00. The monoisotopic (exact) mass is 215 g/mol. The van der Waals surface area contributed by atoms with Gasteiger partial charge < -0.3 is 10.2 Å². The van der Waals surface area contributed by atoms with Crippen LogP contribution >= 0.6 is 0 Å². The van der Waals surface area contributed by atoms with E-state index in [1.807, 2.05) is 12.1 Å². The third-order valence-corrected chi connectivity index (χ3v) is 3.20. The van der Waals surface area contributed by atoms with Crippen molar-refractivity contribution in [1.29, 1.82) is 5.26 Å². The summed E-state index contributed by atoms with van der Waals surface area (Å²) >= 11 is 0. The van der Waals surface area contributed by atoms with Gasteiger partial charge in [0.25, 0.3) is 0 Å². The fourth-order valence-electron chi connectivity index (χ4n) is 2.08. The molecule has 0 radical (unpaired) electrons. The smallest absolute Gasteiger partial charge is 0.0991 e. The summed E-state index contributed by atoms with van der Waals surface area (Å²) < 4.78 is 0. The van der Waals surface area contributed by atoms with Crippen molar-refractivity contribution >= 4 is 0 Å². The molecule has 1 aromatic carbocycles. The standard InChI is InChI=1S/C13H17N3/c1-16-7-6-15-10-13(16)8-11-2-4-12(9-14)5-3-11/h2-5,13,15H,6-8,10H2,1H3. The number of benzene rings is 1. The predicted molar refractivity (Wildman–Crippen MR) is 64.1 cm³/mol. The second-order valence-corrected chi connectivity index (χ2v) is 4.35. The lowest BCUT2D eigenvalue weighted by Crippen LogP contribution is -2.50. The molecule has 3 nitrogen and oxygen atoms in total. The minimum atomic E-state index is 0.571. The summed E-state index contributed by atoms with van der Waals surface area (Å²) in [5.41, 5.74) is 2.04. The van der Waals surface area contributed by atoms with Crippen LogP contribution in [-0.4, -0.2) is 37.6 Å². The fourth-order valence-corrected chi connectivity index (χ4v) is 2.08. The van der Waals surface area contributed by atoms with Gasteiger partial charge in [0.1, 0.15) is 0 Å². The summed E-state index contributed by atoms with van der Waals surface area (Å²) in [5.74, 6) is 0. The van der Waals surface area contributed by atoms with E-state index >= 15 is 0 Å². The summed E-state index contributed by atoms with van der Waals surface area (Å²) in [6, 6.07) is 10.6. The molecule has 0 aromatic heterocycles. The fraction of sp³-hybridized carbons (Fsp3) is 0.462. The number of piperazine rings is 1. The molecule has 1 fully saturated rings. The Kier molecular flexibility index (Phi) is 3.55. The molecular formula is C13H17N3. The Balaban J connectivity index is 2.00. The molecule has 16 heavy (non-hydrogen) atoms. The maximum absolute atomic E-state index is 8.72. The Labute approximate surface area is 96.7 Å². The van der Waals surface area contributed by atoms with Crippen LogP contribution in [0.3, 0.4) is 0 Å². The topological polar surface area (TPSA) is 39.1 Å². The average Bonchev–Trinajstić information content (AvgIpc) is 2.33. The Bertz CT molecular complexity index is 377. The molecule has 1 unspecified atom stereocenters. The average molecular weight is 215 g/mol. The van der Waals surface area contributed by atoms with Gasteiger partial charge in [-0.15, -0.1) is 0 Å². The summed E-state index contributed by atoms with van der Waals surface area (Å²) in [5, 5.41) is 12.1. The quantitative estimate of drug-likeness (QED) is 0.800. The van der Waals surface area contributed by atoms with Crippen molar-refractivity contribution in [2.75, 3.05) is 26.7 Å². The largest absolute Gasteiger partial charge is 0.314 e. The normalized spacial score (nSPS) is 21.6. The molecule has 0 amide bonds. The lowest BCUT2D eigenvalue weighted by Gasteiger charge is -2.33. The molecule has 1 aliphatic heterocycles. The highest BCUT2D eigenvalue weighted by Gasteiger charge is 2.18. The van der Waals surface area contributed by atoms with Gasteiger partial charge >= 0.3 is 0 Å². The van der Waals surface area contributed by atoms with Crippen LogP contribution in [0.5, 0.6) is 0 Å². The van der Waals surface area contributed by atoms with Gasteiger partial charge in [0.05, 0.1) is 11.6 Å². The number of likely N-dealkylation sites (N-methyl/N-ethyl adjacent to an activating group) is 1. The SMILES string of the molecule is CN1CCNCC1Cc1ccc(C#N)cc1. The zero-order chi connectivity index (χ0) is 11.4. The van der Waals surface area contributed by atoms with E-state index in [2.05, 4.69) is 35.5 Å². The summed E-state index contributed by atoms with van der Waals surface area (Å²) in [4.78, 5) is 2.40. The first kappa shape index (κ1) is 11.1. The molecule has 0 aliphatic carbocycles. The van der Waals surface area contributed by atoms with Gasteiger partial charge in [0.2, 0.25) is 0 Å². The van der Waals surface area contributed by atoms with E-state index in [9.17, 15) is 0 Å². The van der Waals surface area contributed by atoms with Crippen LogP contribution in [-0.2, 0) is 6.42 Å². The van der Waals surface area contributed by atoms with Gasteiger partial charge in [-0.25, -0.2) is 0 Å². The molecule has 0 saturated carbocycles. The van der Waals surface area contributed by atoms with Gasteiger partial charge in [0.15, 0.2) is 0 Å². The van der Waals surface area contributed by atoms with E-state index in [1.54, 1.807) is 0 Å². The van der Waals surface area contributed by atoms with Crippen LogP contribution in [0.2, 0.25) is 0 Å². The molecule has 1 N–H and O–H groups in total. The maximum Gasteiger partial charge on any atom is 0.0991 e. The Morgan fingerprint density at radius 3 is 2.81 bits per heavy atom. The van der Waals surface area contributed by atoms with Crippen LogP contribution in [0, 0.1) is 11.3 Å². The zero-order valence-corrected chi connectivity index (χ0v) is 9.61. The van der Waals surface area contributed by atoms with Crippen molar-refractivity contribution in [3.8, 4) is 6.07 Å². The first-order chi connectivity index (χ1) is 7.79. The van der Waals surface area contributed by atoms with Crippen molar-refractivity contribution in [3.05, 3.63) is 35.4 Å². The Hall–Kier alpha value is -1.37. The molecule has 0 spiro atoms. The van der Waals surface area contributed by atoms with Crippen molar-refractivity contribution in [2.45, 2.75) is 12.5 Å². The lowest BCUT2D eigenvalue weighted by molar-refractivity contribution is 0.199. The molecule has 1 aromatic rings. The van der Waals surface area contributed by atoms with Crippen molar-refractivity contribution in [2.24, 2.45) is 0 Å². The Morgan fingerprint density at radius 2 is 2.19 bits per heavy atom. The van der Waals surface area contributed by atoms with Gasteiger partial charge in [0, 0.05) is 25.7 Å². The van der Waals surface area contributed by atoms with Gasteiger partial charge in [-0.3, -0.25) is 0 Å². The van der Waals surface area contributed by atoms with E-state index in [1.165, 1.54) is 5.56 Å². The van der Waals surface area contributed by atoms with E-state index in [-0.39, 0.29) is 0 Å². The van der Waals surface area contributed by atoms with Crippen LogP contribution < -0.4 is 5.32 Å². The van der Waals surface area contributed by atoms with E-state index in [0.717, 1.165) is 31.6 Å². The van der Waals surface area contributed by atoms with Crippen molar-refractivity contribution in [3.63, 3.8) is 0 Å². The van der Waals surface area contributed by atoms with Crippen LogP contribution in [0.4, 0.5) is 0 Å². The van der Waals surface area contributed by atoms with Gasteiger partial charge in [-0.1, -0.05) is 12.1 Å². The molecule has 3 heteroatoms. The number of rotatable bonds is 2.